The summed E-state index contributed by atoms with van der Waals surface area (Å²) in [7, 11) is 1.36. The summed E-state index contributed by atoms with van der Waals surface area (Å²) in [6.07, 6.45) is 0.118. The number of carbonyl (C=O) groups is 1. The molecule has 23 heavy (non-hydrogen) atoms. The molecule has 1 atom stereocenters. The lowest BCUT2D eigenvalue weighted by atomic mass is 9.97. The van der Waals surface area contributed by atoms with Gasteiger partial charge in [0.1, 0.15) is 17.4 Å². The van der Waals surface area contributed by atoms with E-state index in [-0.39, 0.29) is 23.6 Å². The van der Waals surface area contributed by atoms with E-state index in [1.54, 1.807) is 4.90 Å². The smallest absolute Gasteiger partial charge is 0.223 e. The number of carbonyl (C=O) groups excluding carboxylic acids is 1. The predicted molar refractivity (Wildman–Crippen MR) is 82.1 cm³/mol. The monoisotopic (exact) mass is 317 g/mol. The zero-order chi connectivity index (χ0) is 16.4. The molecule has 1 aliphatic heterocycles. The third-order valence-corrected chi connectivity index (χ3v) is 4.13. The van der Waals surface area contributed by atoms with Gasteiger partial charge in [0.15, 0.2) is 0 Å². The largest absolute Gasteiger partial charge is 0.497 e. The minimum absolute atomic E-state index is 0.0327. The van der Waals surface area contributed by atoms with Crippen molar-refractivity contribution in [2.75, 3.05) is 13.7 Å². The van der Waals surface area contributed by atoms with Gasteiger partial charge in [-0.2, -0.15) is 0 Å². The van der Waals surface area contributed by atoms with Crippen molar-refractivity contribution in [3.63, 3.8) is 0 Å². The number of amides is 1. The van der Waals surface area contributed by atoms with Crippen LogP contribution >= 0.6 is 0 Å². The van der Waals surface area contributed by atoms with Crippen molar-refractivity contribution in [1.82, 2.24) is 4.90 Å². The molecule has 5 heteroatoms. The zero-order valence-corrected chi connectivity index (χ0v) is 12.8. The number of methoxy groups -OCH3 is 1. The topological polar surface area (TPSA) is 29.5 Å². The van der Waals surface area contributed by atoms with E-state index in [0.717, 1.165) is 17.7 Å². The Labute approximate surface area is 133 Å². The molecule has 120 valence electrons. The van der Waals surface area contributed by atoms with Crippen LogP contribution in [-0.2, 0) is 11.3 Å². The van der Waals surface area contributed by atoms with E-state index in [9.17, 15) is 13.6 Å². The quantitative estimate of drug-likeness (QED) is 0.864. The van der Waals surface area contributed by atoms with E-state index >= 15 is 0 Å². The van der Waals surface area contributed by atoms with Gasteiger partial charge >= 0.3 is 0 Å². The summed E-state index contributed by atoms with van der Waals surface area (Å²) in [4.78, 5) is 13.8. The van der Waals surface area contributed by atoms with Gasteiger partial charge in [-0.1, -0.05) is 30.3 Å². The third kappa shape index (κ3) is 3.18. The van der Waals surface area contributed by atoms with Crippen LogP contribution in [0.1, 0.15) is 23.5 Å². The molecule has 1 heterocycles. The van der Waals surface area contributed by atoms with E-state index < -0.39 is 17.6 Å². The molecule has 3 rings (SSSR count). The zero-order valence-electron chi connectivity index (χ0n) is 12.8. The Hall–Kier alpha value is -2.43. The Morgan fingerprint density at radius 1 is 1.17 bits per heavy atom. The van der Waals surface area contributed by atoms with Crippen molar-refractivity contribution in [2.45, 2.75) is 18.9 Å². The van der Waals surface area contributed by atoms with Crippen LogP contribution < -0.4 is 4.74 Å². The first-order chi connectivity index (χ1) is 11.1. The Balaban J connectivity index is 1.80. The van der Waals surface area contributed by atoms with Crippen molar-refractivity contribution in [1.29, 1.82) is 0 Å². The normalized spacial score (nSPS) is 17.6. The fourth-order valence-corrected chi connectivity index (χ4v) is 2.99. The number of halogens is 2. The molecule has 0 aromatic heterocycles. The highest BCUT2D eigenvalue weighted by molar-refractivity contribution is 5.79. The molecule has 0 radical (unpaired) electrons. The van der Waals surface area contributed by atoms with E-state index in [4.69, 9.17) is 4.74 Å². The van der Waals surface area contributed by atoms with Crippen molar-refractivity contribution in [2.24, 2.45) is 0 Å². The van der Waals surface area contributed by atoms with Crippen LogP contribution in [0, 0.1) is 11.6 Å². The maximum absolute atomic E-state index is 14.2. The molecule has 2 aromatic carbocycles. The Morgan fingerprint density at radius 3 is 2.43 bits per heavy atom. The van der Waals surface area contributed by atoms with E-state index in [0.29, 0.717) is 13.1 Å². The van der Waals surface area contributed by atoms with Gasteiger partial charge in [-0.3, -0.25) is 4.79 Å². The highest BCUT2D eigenvalue weighted by Crippen LogP contribution is 2.34. The van der Waals surface area contributed by atoms with Crippen molar-refractivity contribution < 1.29 is 18.3 Å². The first-order valence-corrected chi connectivity index (χ1v) is 7.43. The van der Waals surface area contributed by atoms with Gasteiger partial charge in [-0.15, -0.1) is 0 Å². The molecular weight excluding hydrogens is 300 g/mol. The molecule has 1 fully saturated rings. The lowest BCUT2D eigenvalue weighted by Crippen LogP contribution is -2.24. The van der Waals surface area contributed by atoms with E-state index in [2.05, 4.69) is 0 Å². The molecule has 2 aromatic rings. The molecule has 1 unspecified atom stereocenters. The van der Waals surface area contributed by atoms with Gasteiger partial charge in [0.25, 0.3) is 0 Å². The van der Waals surface area contributed by atoms with Crippen LogP contribution in [0.15, 0.2) is 42.5 Å². The SMILES string of the molecule is COc1cc(F)c(C2CC(=O)N(Cc3ccccc3)C2)c(F)c1. The number of benzene rings is 2. The van der Waals surface area contributed by atoms with Gasteiger partial charge in [0.05, 0.1) is 7.11 Å². The standard InChI is InChI=1S/C18H17F2NO2/c1-23-14-8-15(19)18(16(20)9-14)13-7-17(22)21(11-13)10-12-5-3-2-4-6-12/h2-6,8-9,13H,7,10-11H2,1H3. The maximum Gasteiger partial charge on any atom is 0.223 e. The predicted octanol–water partition coefficient (Wildman–Crippen LogP) is 3.49. The molecular formula is C18H17F2NO2. The molecule has 0 N–H and O–H groups in total. The second-order valence-electron chi connectivity index (χ2n) is 5.67. The van der Waals surface area contributed by atoms with Gasteiger partial charge < -0.3 is 9.64 Å². The average Bonchev–Trinajstić information content (AvgIpc) is 2.88. The molecule has 0 bridgehead atoms. The minimum Gasteiger partial charge on any atom is -0.497 e. The van der Waals surface area contributed by atoms with E-state index in [1.165, 1.54) is 7.11 Å². The maximum atomic E-state index is 14.2. The highest BCUT2D eigenvalue weighted by Gasteiger charge is 2.34. The molecule has 0 aliphatic carbocycles. The lowest BCUT2D eigenvalue weighted by molar-refractivity contribution is -0.128. The first kappa shape index (κ1) is 15.5. The molecule has 1 aliphatic rings. The number of hydrogen-bond donors (Lipinski definition) is 0. The van der Waals surface area contributed by atoms with Crippen molar-refractivity contribution >= 4 is 5.91 Å². The van der Waals surface area contributed by atoms with Gasteiger partial charge in [0, 0.05) is 43.1 Å². The number of ether oxygens (including phenoxy) is 1. The number of nitrogens with zero attached hydrogens (tertiary/aromatic N) is 1. The summed E-state index contributed by atoms with van der Waals surface area (Å²) >= 11 is 0. The number of likely N-dealkylation sites (tertiary alicyclic amines) is 1. The first-order valence-electron chi connectivity index (χ1n) is 7.43. The molecule has 3 nitrogen and oxygen atoms in total. The Morgan fingerprint density at radius 2 is 1.83 bits per heavy atom. The molecule has 1 amide bonds. The highest BCUT2D eigenvalue weighted by atomic mass is 19.1. The van der Waals surface area contributed by atoms with Crippen LogP contribution in [0.5, 0.6) is 5.75 Å². The average molecular weight is 317 g/mol. The summed E-state index contributed by atoms with van der Waals surface area (Å²) in [5.41, 5.74) is 0.965. The van der Waals surface area contributed by atoms with E-state index in [1.807, 2.05) is 30.3 Å². The Kier molecular flexibility index (Phi) is 4.28. The fraction of sp³-hybridized carbons (Fsp3) is 0.278. The summed E-state index contributed by atoms with van der Waals surface area (Å²) < 4.78 is 33.2. The summed E-state index contributed by atoms with van der Waals surface area (Å²) in [5, 5.41) is 0. The molecule has 1 saturated heterocycles. The lowest BCUT2D eigenvalue weighted by Gasteiger charge is -2.17. The number of rotatable bonds is 4. The molecule has 0 saturated carbocycles. The minimum atomic E-state index is -0.666. The van der Waals surface area contributed by atoms with Gasteiger partial charge in [0.2, 0.25) is 5.91 Å². The Bertz CT molecular complexity index is 695. The number of hydrogen-bond acceptors (Lipinski definition) is 2. The molecule has 0 spiro atoms. The van der Waals surface area contributed by atoms with Gasteiger partial charge in [-0.05, 0) is 5.56 Å². The van der Waals surface area contributed by atoms with Crippen LogP contribution in [0.25, 0.3) is 0 Å². The van der Waals surface area contributed by atoms with Crippen molar-refractivity contribution in [3.05, 3.63) is 65.2 Å². The summed E-state index contributed by atoms with van der Waals surface area (Å²) in [6, 6.07) is 11.9. The van der Waals surface area contributed by atoms with Crippen LogP contribution in [-0.4, -0.2) is 24.5 Å². The fourth-order valence-electron chi connectivity index (χ4n) is 2.99. The van der Waals surface area contributed by atoms with Crippen LogP contribution in [0.3, 0.4) is 0 Å². The summed E-state index contributed by atoms with van der Waals surface area (Å²) in [6.45, 7) is 0.767. The second kappa shape index (κ2) is 6.36. The van der Waals surface area contributed by atoms with Gasteiger partial charge in [-0.25, -0.2) is 8.78 Å². The van der Waals surface area contributed by atoms with Crippen molar-refractivity contribution in [3.8, 4) is 5.75 Å². The summed E-state index contributed by atoms with van der Waals surface area (Å²) in [5.74, 6) is -1.76. The van der Waals surface area contributed by atoms with Crippen LogP contribution in [0.2, 0.25) is 0 Å². The van der Waals surface area contributed by atoms with Crippen LogP contribution in [0.4, 0.5) is 8.78 Å². The third-order valence-electron chi connectivity index (χ3n) is 4.13. The second-order valence-corrected chi connectivity index (χ2v) is 5.67.